The minimum atomic E-state index is 0.464. The van der Waals surface area contributed by atoms with E-state index in [9.17, 15) is 0 Å². The van der Waals surface area contributed by atoms with Gasteiger partial charge in [-0.15, -0.1) is 0 Å². The minimum absolute atomic E-state index is 0.464. The minimum Gasteiger partial charge on any atom is -0.312 e. The molecule has 1 aromatic heterocycles. The van der Waals surface area contributed by atoms with Gasteiger partial charge in [-0.2, -0.15) is 5.10 Å². The second-order valence-corrected chi connectivity index (χ2v) is 7.96. The second kappa shape index (κ2) is 9.33. The van der Waals surface area contributed by atoms with Crippen LogP contribution in [0.1, 0.15) is 43.1 Å². The Bertz CT molecular complexity index is 656. The number of hydrogen-bond donors (Lipinski definition) is 1. The summed E-state index contributed by atoms with van der Waals surface area (Å²) in [4.78, 5) is 2.60. The van der Waals surface area contributed by atoms with Gasteiger partial charge >= 0.3 is 0 Å². The molecule has 0 saturated carbocycles. The number of nitrogens with one attached hydrogen (secondary N) is 1. The fraction of sp³-hybridized carbons (Fsp3) is 0.591. The fourth-order valence-corrected chi connectivity index (χ4v) is 3.99. The Hall–Kier alpha value is -1.65. The van der Waals surface area contributed by atoms with Crippen LogP contribution in [0, 0.1) is 19.8 Å². The highest BCUT2D eigenvalue weighted by molar-refractivity contribution is 5.14. The molecule has 0 radical (unpaired) electrons. The van der Waals surface area contributed by atoms with Crippen LogP contribution in [0.5, 0.6) is 0 Å². The van der Waals surface area contributed by atoms with Gasteiger partial charge in [-0.1, -0.05) is 30.3 Å². The molecular weight excluding hydrogens is 320 g/mol. The topological polar surface area (TPSA) is 33.1 Å². The van der Waals surface area contributed by atoms with E-state index in [1.807, 2.05) is 0 Å². The quantitative estimate of drug-likeness (QED) is 0.783. The predicted molar refractivity (Wildman–Crippen MR) is 108 cm³/mol. The third-order valence-electron chi connectivity index (χ3n) is 5.55. The van der Waals surface area contributed by atoms with Crippen molar-refractivity contribution in [3.05, 3.63) is 53.3 Å². The average molecular weight is 355 g/mol. The Balaban J connectivity index is 1.32. The van der Waals surface area contributed by atoms with Gasteiger partial charge in [0.1, 0.15) is 0 Å². The Kier molecular flexibility index (Phi) is 6.86. The maximum Gasteiger partial charge on any atom is 0.0596 e. The van der Waals surface area contributed by atoms with E-state index in [-0.39, 0.29) is 0 Å². The third kappa shape index (κ3) is 5.68. The van der Waals surface area contributed by atoms with Crippen molar-refractivity contribution in [3.8, 4) is 0 Å². The van der Waals surface area contributed by atoms with Crippen molar-refractivity contribution >= 4 is 0 Å². The average Bonchev–Trinajstić information content (AvgIpc) is 2.94. The van der Waals surface area contributed by atoms with Gasteiger partial charge in [-0.3, -0.25) is 9.58 Å². The molecule has 1 saturated heterocycles. The molecule has 2 aromatic rings. The Morgan fingerprint density at radius 1 is 1.15 bits per heavy atom. The van der Waals surface area contributed by atoms with Crippen LogP contribution in [-0.4, -0.2) is 40.4 Å². The third-order valence-corrected chi connectivity index (χ3v) is 5.55. The lowest BCUT2D eigenvalue weighted by molar-refractivity contribution is 0.171. The molecule has 3 rings (SSSR count). The molecule has 1 atom stereocenters. The van der Waals surface area contributed by atoms with Gasteiger partial charge in [-0.05, 0) is 77.2 Å². The molecule has 1 aliphatic rings. The number of benzene rings is 1. The van der Waals surface area contributed by atoms with Crippen molar-refractivity contribution in [2.24, 2.45) is 5.92 Å². The van der Waals surface area contributed by atoms with Gasteiger partial charge in [0.05, 0.1) is 12.2 Å². The molecule has 1 aromatic carbocycles. The normalized spacial score (nSPS) is 17.5. The predicted octanol–water partition coefficient (Wildman–Crippen LogP) is 3.78. The monoisotopic (exact) mass is 354 g/mol. The zero-order valence-electron chi connectivity index (χ0n) is 16.6. The van der Waals surface area contributed by atoms with Gasteiger partial charge in [0.25, 0.3) is 0 Å². The first kappa shape index (κ1) is 19.1. The molecule has 4 heteroatoms. The van der Waals surface area contributed by atoms with E-state index < -0.39 is 0 Å². The Morgan fingerprint density at radius 2 is 1.88 bits per heavy atom. The molecule has 0 amide bonds. The van der Waals surface area contributed by atoms with E-state index in [2.05, 4.69) is 77.2 Å². The van der Waals surface area contributed by atoms with E-state index >= 15 is 0 Å². The summed E-state index contributed by atoms with van der Waals surface area (Å²) >= 11 is 0. The molecule has 0 bridgehead atoms. The molecule has 1 aliphatic heterocycles. The molecule has 4 nitrogen and oxygen atoms in total. The number of hydrogen-bond acceptors (Lipinski definition) is 3. The smallest absolute Gasteiger partial charge is 0.0596 e. The summed E-state index contributed by atoms with van der Waals surface area (Å²) < 4.78 is 2.12. The molecule has 142 valence electrons. The van der Waals surface area contributed by atoms with Crippen molar-refractivity contribution in [2.75, 3.05) is 19.6 Å². The van der Waals surface area contributed by atoms with E-state index in [1.54, 1.807) is 0 Å². The summed E-state index contributed by atoms with van der Waals surface area (Å²) in [7, 11) is 0. The maximum absolute atomic E-state index is 4.56. The lowest BCUT2D eigenvalue weighted by Gasteiger charge is -2.32. The zero-order chi connectivity index (χ0) is 18.4. The van der Waals surface area contributed by atoms with E-state index in [4.69, 9.17) is 0 Å². The number of aromatic nitrogens is 2. The number of nitrogens with zero attached hydrogens (tertiary/aromatic N) is 3. The van der Waals surface area contributed by atoms with Crippen LogP contribution in [0.15, 0.2) is 36.4 Å². The zero-order valence-corrected chi connectivity index (χ0v) is 16.6. The summed E-state index contributed by atoms with van der Waals surface area (Å²) in [6, 6.07) is 13.5. The summed E-state index contributed by atoms with van der Waals surface area (Å²) in [5.41, 5.74) is 3.80. The highest BCUT2D eigenvalue weighted by Gasteiger charge is 2.19. The van der Waals surface area contributed by atoms with Crippen molar-refractivity contribution in [3.63, 3.8) is 0 Å². The van der Waals surface area contributed by atoms with Gasteiger partial charge in [0, 0.05) is 18.3 Å². The summed E-state index contributed by atoms with van der Waals surface area (Å²) in [6.45, 7) is 12.1. The Morgan fingerprint density at radius 3 is 2.54 bits per heavy atom. The fourth-order valence-electron chi connectivity index (χ4n) is 3.99. The number of rotatable bonds is 8. The molecule has 1 fully saturated rings. The van der Waals surface area contributed by atoms with Crippen molar-refractivity contribution in [1.29, 1.82) is 0 Å². The molecule has 0 aliphatic carbocycles. The van der Waals surface area contributed by atoms with Gasteiger partial charge in [-0.25, -0.2) is 0 Å². The SMILES string of the molecule is Cc1cc(C)n(CC(C)NCCC2CCN(Cc3ccccc3)CC2)n1. The molecule has 1 N–H and O–H groups in total. The van der Waals surface area contributed by atoms with Crippen LogP contribution in [0.3, 0.4) is 0 Å². The molecule has 0 spiro atoms. The standard InChI is InChI=1S/C22H34N4/c1-18-15-20(3)26(24-18)16-19(2)23-12-9-21-10-13-25(14-11-21)17-22-7-5-4-6-8-22/h4-8,15,19,21,23H,9-14,16-17H2,1-3H3. The first-order valence-corrected chi connectivity index (χ1v) is 10.1. The molecule has 2 heterocycles. The highest BCUT2D eigenvalue weighted by atomic mass is 15.3. The van der Waals surface area contributed by atoms with Crippen molar-refractivity contribution in [1.82, 2.24) is 20.0 Å². The number of aryl methyl sites for hydroxylation is 2. The molecule has 26 heavy (non-hydrogen) atoms. The van der Waals surface area contributed by atoms with Gasteiger partial charge in [0.15, 0.2) is 0 Å². The van der Waals surface area contributed by atoms with Gasteiger partial charge in [0.2, 0.25) is 0 Å². The lowest BCUT2D eigenvalue weighted by atomic mass is 9.93. The molecule has 1 unspecified atom stereocenters. The van der Waals surface area contributed by atoms with Crippen LogP contribution in [0.25, 0.3) is 0 Å². The first-order valence-electron chi connectivity index (χ1n) is 10.1. The summed E-state index contributed by atoms with van der Waals surface area (Å²) in [5.74, 6) is 0.871. The van der Waals surface area contributed by atoms with Crippen LogP contribution >= 0.6 is 0 Å². The lowest BCUT2D eigenvalue weighted by Crippen LogP contribution is -2.36. The second-order valence-electron chi connectivity index (χ2n) is 7.96. The largest absolute Gasteiger partial charge is 0.312 e. The highest BCUT2D eigenvalue weighted by Crippen LogP contribution is 2.21. The number of piperidine rings is 1. The van der Waals surface area contributed by atoms with E-state index in [0.717, 1.165) is 31.2 Å². The van der Waals surface area contributed by atoms with Crippen molar-refractivity contribution in [2.45, 2.75) is 59.2 Å². The van der Waals surface area contributed by atoms with E-state index in [0.29, 0.717) is 6.04 Å². The van der Waals surface area contributed by atoms with Crippen LogP contribution in [0.2, 0.25) is 0 Å². The van der Waals surface area contributed by atoms with Crippen LogP contribution < -0.4 is 5.32 Å². The number of likely N-dealkylation sites (tertiary alicyclic amines) is 1. The summed E-state index contributed by atoms with van der Waals surface area (Å²) in [6.07, 6.45) is 3.96. The molecular formula is C22H34N4. The maximum atomic E-state index is 4.56. The van der Waals surface area contributed by atoms with Crippen molar-refractivity contribution < 1.29 is 0 Å². The first-order chi connectivity index (χ1) is 12.6. The van der Waals surface area contributed by atoms with Crippen LogP contribution in [-0.2, 0) is 13.1 Å². The van der Waals surface area contributed by atoms with E-state index in [1.165, 1.54) is 43.6 Å². The Labute approximate surface area is 158 Å². The van der Waals surface area contributed by atoms with Crippen LogP contribution in [0.4, 0.5) is 0 Å². The van der Waals surface area contributed by atoms with Gasteiger partial charge < -0.3 is 5.32 Å². The summed E-state index contributed by atoms with van der Waals surface area (Å²) in [5, 5.41) is 8.25.